The summed E-state index contributed by atoms with van der Waals surface area (Å²) >= 11 is 0. The maximum Gasteiger partial charge on any atom is 0.149 e. The Hall–Kier alpha value is -2.34. The third kappa shape index (κ3) is 2.94. The van der Waals surface area contributed by atoms with Gasteiger partial charge in [-0.05, 0) is 25.2 Å². The van der Waals surface area contributed by atoms with Crippen LogP contribution in [0, 0.1) is 0 Å². The number of hydrogen-bond acceptors (Lipinski definition) is 6. The minimum Gasteiger partial charge on any atom is -0.380 e. The monoisotopic (exact) mass is 310 g/mol. The fourth-order valence-electron chi connectivity index (χ4n) is 3.06. The number of piperazine rings is 1. The molecule has 4 heterocycles. The molecule has 0 unspecified atom stereocenters. The second kappa shape index (κ2) is 6.04. The van der Waals surface area contributed by atoms with Gasteiger partial charge < -0.3 is 20.4 Å². The Balaban J connectivity index is 1.54. The van der Waals surface area contributed by atoms with E-state index in [4.69, 9.17) is 0 Å². The van der Waals surface area contributed by atoms with Gasteiger partial charge in [-0.1, -0.05) is 0 Å². The van der Waals surface area contributed by atoms with Gasteiger partial charge in [0.1, 0.15) is 11.6 Å². The van der Waals surface area contributed by atoms with Crippen molar-refractivity contribution < 1.29 is 0 Å². The highest BCUT2D eigenvalue weighted by Crippen LogP contribution is 2.28. The topological polar surface area (TPSA) is 56.3 Å². The van der Waals surface area contributed by atoms with Crippen LogP contribution in [0.5, 0.6) is 0 Å². The molecule has 0 amide bonds. The highest BCUT2D eigenvalue weighted by atomic mass is 15.3. The smallest absolute Gasteiger partial charge is 0.149 e. The van der Waals surface area contributed by atoms with Crippen LogP contribution in [0.1, 0.15) is 0 Å². The number of nitrogens with one attached hydrogen (secondary N) is 2. The lowest BCUT2D eigenvalue weighted by molar-refractivity contribution is 0.312. The van der Waals surface area contributed by atoms with E-state index < -0.39 is 0 Å². The van der Waals surface area contributed by atoms with E-state index in [-0.39, 0.29) is 0 Å². The predicted octanol–water partition coefficient (Wildman–Crippen LogP) is 1.73. The molecule has 2 aromatic rings. The molecule has 1 fully saturated rings. The summed E-state index contributed by atoms with van der Waals surface area (Å²) in [7, 11) is 2.17. The van der Waals surface area contributed by atoms with Crippen molar-refractivity contribution in [3.05, 3.63) is 30.6 Å². The molecule has 0 saturated carbocycles. The van der Waals surface area contributed by atoms with Crippen LogP contribution in [0.4, 0.5) is 17.3 Å². The first-order valence-corrected chi connectivity index (χ1v) is 8.17. The lowest BCUT2D eigenvalue weighted by atomic mass is 10.1. The maximum absolute atomic E-state index is 4.66. The molecule has 0 radical (unpaired) electrons. The minimum absolute atomic E-state index is 0.917. The van der Waals surface area contributed by atoms with Crippen molar-refractivity contribution in [2.45, 2.75) is 0 Å². The molecule has 0 aliphatic carbocycles. The fourth-order valence-corrected chi connectivity index (χ4v) is 3.06. The third-order valence-corrected chi connectivity index (χ3v) is 4.53. The number of aromatic nitrogens is 2. The SMILES string of the molecule is CN1CCN(c2ccc(-c3cnc4c(c3)NCCN4)cn2)CC1. The Morgan fingerprint density at radius 3 is 2.48 bits per heavy atom. The molecule has 4 rings (SSSR count). The van der Waals surface area contributed by atoms with Gasteiger partial charge in [-0.3, -0.25) is 0 Å². The van der Waals surface area contributed by atoms with Gasteiger partial charge in [0.15, 0.2) is 0 Å². The summed E-state index contributed by atoms with van der Waals surface area (Å²) in [4.78, 5) is 13.9. The molecule has 0 spiro atoms. The van der Waals surface area contributed by atoms with Crippen LogP contribution in [0.15, 0.2) is 30.6 Å². The summed E-state index contributed by atoms with van der Waals surface area (Å²) in [6.45, 7) is 6.12. The van der Waals surface area contributed by atoms with E-state index >= 15 is 0 Å². The van der Waals surface area contributed by atoms with Crippen molar-refractivity contribution in [3.63, 3.8) is 0 Å². The summed E-state index contributed by atoms with van der Waals surface area (Å²) in [6, 6.07) is 6.40. The zero-order valence-corrected chi connectivity index (χ0v) is 13.4. The van der Waals surface area contributed by atoms with Gasteiger partial charge in [0.2, 0.25) is 0 Å². The molecular weight excluding hydrogens is 288 g/mol. The molecule has 2 aliphatic rings. The predicted molar refractivity (Wildman–Crippen MR) is 94.2 cm³/mol. The molecule has 2 aromatic heterocycles. The first kappa shape index (κ1) is 14.3. The first-order valence-electron chi connectivity index (χ1n) is 8.17. The summed E-state index contributed by atoms with van der Waals surface area (Å²) < 4.78 is 0. The Morgan fingerprint density at radius 1 is 0.913 bits per heavy atom. The second-order valence-electron chi connectivity index (χ2n) is 6.17. The van der Waals surface area contributed by atoms with E-state index in [1.54, 1.807) is 0 Å². The third-order valence-electron chi connectivity index (χ3n) is 4.53. The quantitative estimate of drug-likeness (QED) is 0.881. The van der Waals surface area contributed by atoms with E-state index in [9.17, 15) is 0 Å². The largest absolute Gasteiger partial charge is 0.380 e. The molecule has 120 valence electrons. The maximum atomic E-state index is 4.66. The van der Waals surface area contributed by atoms with E-state index in [0.29, 0.717) is 0 Å². The fraction of sp³-hybridized carbons (Fsp3) is 0.412. The first-order chi connectivity index (χ1) is 11.3. The van der Waals surface area contributed by atoms with E-state index in [1.807, 2.05) is 12.4 Å². The molecule has 0 bridgehead atoms. The van der Waals surface area contributed by atoms with Crippen molar-refractivity contribution in [1.29, 1.82) is 0 Å². The van der Waals surface area contributed by atoms with E-state index in [1.165, 1.54) is 0 Å². The van der Waals surface area contributed by atoms with Gasteiger partial charge >= 0.3 is 0 Å². The number of likely N-dealkylation sites (N-methyl/N-ethyl adjacent to an activating group) is 1. The van der Waals surface area contributed by atoms with E-state index in [2.05, 4.69) is 55.6 Å². The van der Waals surface area contributed by atoms with Gasteiger partial charge in [0.25, 0.3) is 0 Å². The summed E-state index contributed by atoms with van der Waals surface area (Å²) in [6.07, 6.45) is 3.86. The second-order valence-corrected chi connectivity index (χ2v) is 6.17. The van der Waals surface area contributed by atoms with Gasteiger partial charge in [0.05, 0.1) is 5.69 Å². The molecule has 0 atom stereocenters. The van der Waals surface area contributed by atoms with Crippen LogP contribution >= 0.6 is 0 Å². The number of anilines is 3. The molecule has 6 heteroatoms. The lowest BCUT2D eigenvalue weighted by Gasteiger charge is -2.33. The van der Waals surface area contributed by atoms with Crippen LogP contribution < -0.4 is 15.5 Å². The standard InChI is InChI=1S/C17H22N6/c1-22-6-8-23(9-7-22)16-3-2-13(11-20-16)14-10-15-17(21-12-14)19-5-4-18-15/h2-3,10-12,18H,4-9H2,1H3,(H,19,21). The highest BCUT2D eigenvalue weighted by Gasteiger charge is 2.15. The van der Waals surface area contributed by atoms with Crippen molar-refractivity contribution >= 4 is 17.3 Å². The Labute approximate surface area is 136 Å². The Morgan fingerprint density at radius 2 is 1.70 bits per heavy atom. The minimum atomic E-state index is 0.917. The zero-order valence-electron chi connectivity index (χ0n) is 13.4. The number of hydrogen-bond donors (Lipinski definition) is 2. The molecule has 23 heavy (non-hydrogen) atoms. The average molecular weight is 310 g/mol. The van der Waals surface area contributed by atoms with Crippen LogP contribution in [-0.2, 0) is 0 Å². The molecule has 0 aromatic carbocycles. The van der Waals surface area contributed by atoms with Crippen molar-refractivity contribution in [1.82, 2.24) is 14.9 Å². The van der Waals surface area contributed by atoms with Crippen LogP contribution in [0.25, 0.3) is 11.1 Å². The van der Waals surface area contributed by atoms with Gasteiger partial charge in [0, 0.05) is 62.8 Å². The summed E-state index contributed by atoms with van der Waals surface area (Å²) in [5.74, 6) is 1.99. The summed E-state index contributed by atoms with van der Waals surface area (Å²) in [5.41, 5.74) is 3.26. The zero-order chi connectivity index (χ0) is 15.6. The molecule has 2 N–H and O–H groups in total. The van der Waals surface area contributed by atoms with Crippen LogP contribution in [0.3, 0.4) is 0 Å². The van der Waals surface area contributed by atoms with Crippen LogP contribution in [0.2, 0.25) is 0 Å². The van der Waals surface area contributed by atoms with Crippen molar-refractivity contribution in [2.75, 3.05) is 61.8 Å². The molecule has 6 nitrogen and oxygen atoms in total. The molecule has 1 saturated heterocycles. The lowest BCUT2D eigenvalue weighted by Crippen LogP contribution is -2.44. The van der Waals surface area contributed by atoms with Crippen LogP contribution in [-0.4, -0.2) is 61.2 Å². The molecular formula is C17H22N6. The number of nitrogens with zero attached hydrogens (tertiary/aromatic N) is 4. The number of rotatable bonds is 2. The van der Waals surface area contributed by atoms with Gasteiger partial charge in [-0.25, -0.2) is 9.97 Å². The molecule has 2 aliphatic heterocycles. The number of pyridine rings is 2. The van der Waals surface area contributed by atoms with Crippen molar-refractivity contribution in [2.24, 2.45) is 0 Å². The Bertz CT molecular complexity index is 676. The van der Waals surface area contributed by atoms with E-state index in [0.717, 1.165) is 67.7 Å². The summed E-state index contributed by atoms with van der Waals surface area (Å²) in [5, 5.41) is 6.68. The Kier molecular flexibility index (Phi) is 3.75. The number of fused-ring (bicyclic) bond motifs is 1. The van der Waals surface area contributed by atoms with Gasteiger partial charge in [-0.15, -0.1) is 0 Å². The average Bonchev–Trinajstić information content (AvgIpc) is 2.62. The van der Waals surface area contributed by atoms with Crippen molar-refractivity contribution in [3.8, 4) is 11.1 Å². The normalized spacial score (nSPS) is 18.0. The highest BCUT2D eigenvalue weighted by molar-refractivity contribution is 5.75. The van der Waals surface area contributed by atoms with Gasteiger partial charge in [-0.2, -0.15) is 0 Å².